The molecule has 0 bridgehead atoms. The van der Waals surface area contributed by atoms with E-state index in [0.29, 0.717) is 5.92 Å². The Labute approximate surface area is 81.0 Å². The highest BCUT2D eigenvalue weighted by Gasteiger charge is 2.14. The molecule has 65 valence electrons. The van der Waals surface area contributed by atoms with Crippen molar-refractivity contribution in [2.24, 2.45) is 0 Å². The second-order valence-corrected chi connectivity index (χ2v) is 3.26. The third-order valence-electron chi connectivity index (χ3n) is 2.32. The van der Waals surface area contributed by atoms with Crippen LogP contribution < -0.4 is 0 Å². The molecule has 1 atom stereocenters. The zero-order chi connectivity index (χ0) is 8.93. The Hall–Kier alpha value is -0.780. The van der Waals surface area contributed by atoms with E-state index in [0.717, 1.165) is 6.42 Å². The first-order valence-electron chi connectivity index (χ1n) is 4.68. The van der Waals surface area contributed by atoms with E-state index in [2.05, 4.69) is 62.4 Å². The van der Waals surface area contributed by atoms with Crippen LogP contribution in [-0.2, 0) is 0 Å². The normalized spacial score (nSPS) is 19.7. The molecule has 1 aromatic rings. The van der Waals surface area contributed by atoms with Crippen molar-refractivity contribution in [3.63, 3.8) is 0 Å². The molecule has 1 aliphatic carbocycles. The van der Waals surface area contributed by atoms with Crippen LogP contribution in [0.5, 0.6) is 0 Å². The molecule has 0 N–H and O–H groups in total. The Morgan fingerprint density at radius 1 is 0.923 bits per heavy atom. The van der Waals surface area contributed by atoms with E-state index >= 15 is 0 Å². The molecule has 5 radical (unpaired) electrons. The van der Waals surface area contributed by atoms with Crippen LogP contribution in [0.4, 0.5) is 0 Å². The maximum Gasteiger partial charge on any atom is -0.0125 e. The third kappa shape index (κ3) is 2.33. The average molecular weight is 169 g/mol. The van der Waals surface area contributed by atoms with Crippen molar-refractivity contribution in [2.45, 2.75) is 12.3 Å². The van der Waals surface area contributed by atoms with Crippen molar-refractivity contribution in [3.05, 3.63) is 68.0 Å². The molecule has 0 amide bonds. The fraction of sp³-hybridized carbons (Fsp3) is 0.154. The van der Waals surface area contributed by atoms with Crippen LogP contribution in [0.15, 0.2) is 30.3 Å². The molecule has 1 aliphatic rings. The second kappa shape index (κ2) is 4.45. The summed E-state index contributed by atoms with van der Waals surface area (Å²) in [6.45, 7) is 0. The first kappa shape index (κ1) is 8.80. The highest BCUT2D eigenvalue weighted by atomic mass is 14.2. The van der Waals surface area contributed by atoms with E-state index < -0.39 is 0 Å². The third-order valence-corrected chi connectivity index (χ3v) is 2.32. The largest absolute Gasteiger partial charge is 0.0622 e. The Bertz CT molecular complexity index is 229. The molecule has 13 heavy (non-hydrogen) atoms. The lowest BCUT2D eigenvalue weighted by Crippen LogP contribution is -1.97. The van der Waals surface area contributed by atoms with Crippen molar-refractivity contribution >= 4 is 0 Å². The summed E-state index contributed by atoms with van der Waals surface area (Å²) in [6, 6.07) is 10.6. The molecule has 0 heteroatoms. The van der Waals surface area contributed by atoms with Crippen molar-refractivity contribution in [1.29, 1.82) is 0 Å². The lowest BCUT2D eigenvalue weighted by atomic mass is 9.92. The maximum atomic E-state index is 2.26. The van der Waals surface area contributed by atoms with Gasteiger partial charge in [0.1, 0.15) is 0 Å². The van der Waals surface area contributed by atoms with E-state index in [1.54, 1.807) is 0 Å². The molecular formula is C13H13. The van der Waals surface area contributed by atoms with E-state index in [-0.39, 0.29) is 0 Å². The Balaban J connectivity index is 2.06. The summed E-state index contributed by atoms with van der Waals surface area (Å²) in [6.07, 6.45) is 11.9. The van der Waals surface area contributed by atoms with Crippen LogP contribution >= 0.6 is 0 Å². The van der Waals surface area contributed by atoms with Gasteiger partial charge in [-0.3, -0.25) is 0 Å². The maximum absolute atomic E-state index is 2.26. The molecule has 0 nitrogen and oxygen atoms in total. The van der Waals surface area contributed by atoms with Gasteiger partial charge in [-0.15, -0.1) is 0 Å². The molecule has 1 saturated carbocycles. The van der Waals surface area contributed by atoms with Gasteiger partial charge in [0.15, 0.2) is 0 Å². The number of benzene rings is 1. The van der Waals surface area contributed by atoms with Gasteiger partial charge in [-0.05, 0) is 50.0 Å². The highest BCUT2D eigenvalue weighted by molar-refractivity contribution is 5.28. The summed E-state index contributed by atoms with van der Waals surface area (Å²) in [5.74, 6) is 0.552. The molecule has 0 heterocycles. The van der Waals surface area contributed by atoms with Crippen LogP contribution in [0.3, 0.4) is 0 Å². The molecule has 1 unspecified atom stereocenters. The standard InChI is InChI=1S/C13H13/c1-2-5-9-12(8-4-1)13-10-6-3-7-11-13/h1-8,10-12H,9H2. The minimum absolute atomic E-state index is 0.552. The predicted molar refractivity (Wildman–Crippen MR) is 55.3 cm³/mol. The van der Waals surface area contributed by atoms with E-state index in [1.165, 1.54) is 5.56 Å². The average Bonchev–Trinajstić information content (AvgIpc) is 2.47. The number of rotatable bonds is 1. The second-order valence-electron chi connectivity index (χ2n) is 3.26. The van der Waals surface area contributed by atoms with Gasteiger partial charge in [0.2, 0.25) is 0 Å². The summed E-state index contributed by atoms with van der Waals surface area (Å²) in [4.78, 5) is 0. The topological polar surface area (TPSA) is 0 Å². The van der Waals surface area contributed by atoms with E-state index in [9.17, 15) is 0 Å². The molecular weight excluding hydrogens is 156 g/mol. The summed E-state index contributed by atoms with van der Waals surface area (Å²) < 4.78 is 0. The summed E-state index contributed by atoms with van der Waals surface area (Å²) in [5.41, 5.74) is 1.40. The monoisotopic (exact) mass is 169 g/mol. The zero-order valence-electron chi connectivity index (χ0n) is 7.56. The fourth-order valence-electron chi connectivity index (χ4n) is 1.59. The zero-order valence-corrected chi connectivity index (χ0v) is 7.56. The van der Waals surface area contributed by atoms with Crippen molar-refractivity contribution in [2.75, 3.05) is 0 Å². The van der Waals surface area contributed by atoms with Gasteiger partial charge in [-0.2, -0.15) is 0 Å². The Morgan fingerprint density at radius 2 is 1.77 bits per heavy atom. The lowest BCUT2D eigenvalue weighted by Gasteiger charge is -2.12. The van der Waals surface area contributed by atoms with E-state index in [4.69, 9.17) is 0 Å². The summed E-state index contributed by atoms with van der Waals surface area (Å²) in [7, 11) is 0. The Kier molecular flexibility index (Phi) is 3.02. The van der Waals surface area contributed by atoms with Gasteiger partial charge in [0.05, 0.1) is 0 Å². The quantitative estimate of drug-likeness (QED) is 0.566. The SMILES string of the molecule is [CH]1[CH][CH]CC(c2ccccc2)[CH][CH]1. The summed E-state index contributed by atoms with van der Waals surface area (Å²) in [5, 5.41) is 0. The van der Waals surface area contributed by atoms with Crippen LogP contribution in [0, 0.1) is 32.1 Å². The molecule has 1 fully saturated rings. The lowest BCUT2D eigenvalue weighted by molar-refractivity contribution is 0.797. The van der Waals surface area contributed by atoms with Gasteiger partial charge in [-0.1, -0.05) is 30.3 Å². The van der Waals surface area contributed by atoms with Crippen molar-refractivity contribution in [3.8, 4) is 0 Å². The van der Waals surface area contributed by atoms with Gasteiger partial charge in [0.25, 0.3) is 0 Å². The van der Waals surface area contributed by atoms with Gasteiger partial charge in [0, 0.05) is 0 Å². The number of hydrogen-bond acceptors (Lipinski definition) is 0. The summed E-state index contributed by atoms with van der Waals surface area (Å²) >= 11 is 0. The predicted octanol–water partition coefficient (Wildman–Crippen LogP) is 3.20. The number of hydrogen-bond donors (Lipinski definition) is 0. The first-order valence-corrected chi connectivity index (χ1v) is 4.68. The molecule has 0 aromatic heterocycles. The molecule has 0 aliphatic heterocycles. The van der Waals surface area contributed by atoms with Crippen LogP contribution in [0.25, 0.3) is 0 Å². The minimum atomic E-state index is 0.552. The smallest absolute Gasteiger partial charge is 0.0125 e. The molecule has 0 saturated heterocycles. The molecule has 1 aromatic carbocycles. The van der Waals surface area contributed by atoms with Gasteiger partial charge >= 0.3 is 0 Å². The highest BCUT2D eigenvalue weighted by Crippen LogP contribution is 2.28. The van der Waals surface area contributed by atoms with Crippen LogP contribution in [-0.4, -0.2) is 0 Å². The fourth-order valence-corrected chi connectivity index (χ4v) is 1.59. The van der Waals surface area contributed by atoms with Crippen molar-refractivity contribution in [1.82, 2.24) is 0 Å². The van der Waals surface area contributed by atoms with Gasteiger partial charge in [-0.25, -0.2) is 0 Å². The molecule has 0 spiro atoms. The van der Waals surface area contributed by atoms with Crippen molar-refractivity contribution < 1.29 is 0 Å². The first-order chi connectivity index (χ1) is 6.47. The minimum Gasteiger partial charge on any atom is -0.0622 e. The van der Waals surface area contributed by atoms with Gasteiger partial charge < -0.3 is 0 Å². The molecule has 2 rings (SSSR count). The Morgan fingerprint density at radius 3 is 2.62 bits per heavy atom. The van der Waals surface area contributed by atoms with Crippen LogP contribution in [0.1, 0.15) is 17.9 Å². The van der Waals surface area contributed by atoms with Crippen LogP contribution in [0.2, 0.25) is 0 Å². The van der Waals surface area contributed by atoms with E-state index in [1.807, 2.05) is 0 Å².